The van der Waals surface area contributed by atoms with Crippen LogP contribution in [0.1, 0.15) is 27.3 Å². The molecule has 2 rings (SSSR count). The molecule has 0 unspecified atom stereocenters. The first kappa shape index (κ1) is 16.8. The molecule has 0 radical (unpaired) electrons. The summed E-state index contributed by atoms with van der Waals surface area (Å²) in [6.45, 7) is 3.98. The Bertz CT molecular complexity index is 767. The number of hydrogen-bond acceptors (Lipinski definition) is 3. The Hall–Kier alpha value is -1.60. The summed E-state index contributed by atoms with van der Waals surface area (Å²) >= 11 is 6.47. The number of phenolic OH excluding ortho intramolecular Hbond substituents is 1. The molecule has 5 nitrogen and oxygen atoms in total. The predicted molar refractivity (Wildman–Crippen MR) is 93.5 cm³/mol. The second kappa shape index (κ2) is 6.66. The molecule has 0 saturated heterocycles. The van der Waals surface area contributed by atoms with Gasteiger partial charge in [0.25, 0.3) is 5.91 Å². The van der Waals surface area contributed by atoms with E-state index in [2.05, 4.69) is 42.4 Å². The number of benzene rings is 1. The topological polar surface area (TPSA) is 66.6 Å². The van der Waals surface area contributed by atoms with Crippen molar-refractivity contribution in [3.8, 4) is 5.75 Å². The molecule has 2 aromatic rings. The molecular weight excluding hydrogens is 414 g/mol. The van der Waals surface area contributed by atoms with Crippen LogP contribution in [0.25, 0.3) is 0 Å². The van der Waals surface area contributed by atoms with E-state index in [9.17, 15) is 9.90 Å². The van der Waals surface area contributed by atoms with Crippen LogP contribution in [0.3, 0.4) is 0 Å². The molecule has 22 heavy (non-hydrogen) atoms. The fourth-order valence-corrected chi connectivity index (χ4v) is 3.20. The van der Waals surface area contributed by atoms with Gasteiger partial charge in [0.1, 0.15) is 5.75 Å². The van der Waals surface area contributed by atoms with Crippen molar-refractivity contribution in [2.45, 2.75) is 13.8 Å². The number of hydrogen-bond donors (Lipinski definition) is 2. The molecule has 0 aliphatic rings. The quantitative estimate of drug-likeness (QED) is 0.578. The molecule has 0 bridgehead atoms. The maximum atomic E-state index is 12.1. The Morgan fingerprint density at radius 1 is 1.32 bits per heavy atom. The van der Waals surface area contributed by atoms with Crippen LogP contribution in [-0.4, -0.2) is 21.8 Å². The van der Waals surface area contributed by atoms with E-state index in [0.29, 0.717) is 8.95 Å². The van der Waals surface area contributed by atoms with Crippen molar-refractivity contribution in [3.63, 3.8) is 0 Å². The molecule has 1 aromatic carbocycles. The number of halogens is 2. The van der Waals surface area contributed by atoms with E-state index in [1.165, 1.54) is 6.07 Å². The smallest absolute Gasteiger partial charge is 0.275 e. The Labute approximate surface area is 145 Å². The van der Waals surface area contributed by atoms with Crippen molar-refractivity contribution < 1.29 is 9.90 Å². The van der Waals surface area contributed by atoms with E-state index in [1.807, 2.05) is 31.5 Å². The molecule has 2 N–H and O–H groups in total. The molecule has 0 fully saturated rings. The Balaban J connectivity index is 2.16. The standard InChI is InChI=1S/C15H15Br2N3O2/c1-8-4-10(9(2)20(8)3)7-18-19-15(22)12-5-11(16)6-13(17)14(12)21/h4-7,21H,1-3H3,(H,19,22)/b18-7-. The van der Waals surface area contributed by atoms with Gasteiger partial charge in [-0.3, -0.25) is 4.79 Å². The zero-order valence-electron chi connectivity index (χ0n) is 12.3. The first-order chi connectivity index (χ1) is 10.3. The van der Waals surface area contributed by atoms with Crippen molar-refractivity contribution in [1.82, 2.24) is 9.99 Å². The van der Waals surface area contributed by atoms with E-state index in [0.717, 1.165) is 17.0 Å². The average molecular weight is 429 g/mol. The van der Waals surface area contributed by atoms with Gasteiger partial charge in [-0.2, -0.15) is 5.10 Å². The highest BCUT2D eigenvalue weighted by Gasteiger charge is 2.14. The third-order valence-corrected chi connectivity index (χ3v) is 4.52. The summed E-state index contributed by atoms with van der Waals surface area (Å²) in [5.41, 5.74) is 5.66. The number of amides is 1. The minimum Gasteiger partial charge on any atom is -0.506 e. The highest BCUT2D eigenvalue weighted by Crippen LogP contribution is 2.31. The van der Waals surface area contributed by atoms with Crippen LogP contribution in [0.15, 0.2) is 32.2 Å². The molecular formula is C15H15Br2N3O2. The molecule has 0 spiro atoms. The lowest BCUT2D eigenvalue weighted by Gasteiger charge is -2.05. The minimum absolute atomic E-state index is 0.123. The van der Waals surface area contributed by atoms with Crippen LogP contribution in [0.5, 0.6) is 5.75 Å². The van der Waals surface area contributed by atoms with Crippen molar-refractivity contribution in [2.75, 3.05) is 0 Å². The number of hydrazone groups is 1. The molecule has 0 atom stereocenters. The molecule has 0 aliphatic heterocycles. The predicted octanol–water partition coefficient (Wildman–Crippen LogP) is 3.64. The minimum atomic E-state index is -0.485. The lowest BCUT2D eigenvalue weighted by molar-refractivity contribution is 0.0952. The van der Waals surface area contributed by atoms with Gasteiger partial charge in [0.2, 0.25) is 0 Å². The zero-order chi connectivity index (χ0) is 16.4. The fourth-order valence-electron chi connectivity index (χ4n) is 1.97. The highest BCUT2D eigenvalue weighted by molar-refractivity contribution is 9.11. The normalized spacial score (nSPS) is 11.1. The number of rotatable bonds is 3. The number of carbonyl (C=O) groups excluding carboxylic acids is 1. The summed E-state index contributed by atoms with van der Waals surface area (Å²) < 4.78 is 3.16. The zero-order valence-corrected chi connectivity index (χ0v) is 15.5. The van der Waals surface area contributed by atoms with Gasteiger partial charge in [-0.1, -0.05) is 15.9 Å². The molecule has 0 aliphatic carbocycles. The van der Waals surface area contributed by atoms with Crippen molar-refractivity contribution in [1.29, 1.82) is 0 Å². The first-order valence-corrected chi connectivity index (χ1v) is 8.04. The van der Waals surface area contributed by atoms with Gasteiger partial charge in [-0.25, -0.2) is 5.43 Å². The van der Waals surface area contributed by atoms with Gasteiger partial charge < -0.3 is 9.67 Å². The second-order valence-electron chi connectivity index (χ2n) is 4.87. The number of aryl methyl sites for hydroxylation is 1. The summed E-state index contributed by atoms with van der Waals surface area (Å²) in [7, 11) is 1.97. The van der Waals surface area contributed by atoms with Crippen LogP contribution in [-0.2, 0) is 7.05 Å². The lowest BCUT2D eigenvalue weighted by Crippen LogP contribution is -2.18. The van der Waals surface area contributed by atoms with E-state index >= 15 is 0 Å². The summed E-state index contributed by atoms with van der Waals surface area (Å²) in [4.78, 5) is 12.1. The van der Waals surface area contributed by atoms with Crippen LogP contribution >= 0.6 is 31.9 Å². The number of nitrogens with zero attached hydrogens (tertiary/aromatic N) is 2. The average Bonchev–Trinajstić information content (AvgIpc) is 2.70. The summed E-state index contributed by atoms with van der Waals surface area (Å²) in [6.07, 6.45) is 1.59. The van der Waals surface area contributed by atoms with E-state index in [4.69, 9.17) is 0 Å². The monoisotopic (exact) mass is 427 g/mol. The Morgan fingerprint density at radius 2 is 2.00 bits per heavy atom. The lowest BCUT2D eigenvalue weighted by atomic mass is 10.2. The molecule has 1 heterocycles. The van der Waals surface area contributed by atoms with Gasteiger partial charge in [-0.15, -0.1) is 0 Å². The number of aromatic nitrogens is 1. The van der Waals surface area contributed by atoms with Gasteiger partial charge in [0.15, 0.2) is 0 Å². The maximum Gasteiger partial charge on any atom is 0.275 e. The third kappa shape index (κ3) is 3.41. The number of nitrogens with one attached hydrogen (secondary N) is 1. The van der Waals surface area contributed by atoms with Crippen LogP contribution in [0.4, 0.5) is 0 Å². The Kier molecular flexibility index (Phi) is 5.08. The van der Waals surface area contributed by atoms with Crippen molar-refractivity contribution >= 4 is 44.0 Å². The maximum absolute atomic E-state index is 12.1. The second-order valence-corrected chi connectivity index (χ2v) is 6.64. The molecule has 0 saturated carbocycles. The summed E-state index contributed by atoms with van der Waals surface area (Å²) in [6, 6.07) is 5.17. The van der Waals surface area contributed by atoms with Gasteiger partial charge in [-0.05, 0) is 48.0 Å². The third-order valence-electron chi connectivity index (χ3n) is 3.46. The molecule has 116 valence electrons. The van der Waals surface area contributed by atoms with Crippen LogP contribution in [0, 0.1) is 13.8 Å². The van der Waals surface area contributed by atoms with Gasteiger partial charge in [0, 0.05) is 28.5 Å². The van der Waals surface area contributed by atoms with Gasteiger partial charge >= 0.3 is 0 Å². The first-order valence-electron chi connectivity index (χ1n) is 6.45. The molecule has 7 heteroatoms. The number of carbonyl (C=O) groups is 1. The largest absolute Gasteiger partial charge is 0.506 e. The SMILES string of the molecule is Cc1cc(/C=N\NC(=O)c2cc(Br)cc(Br)c2O)c(C)n1C. The van der Waals surface area contributed by atoms with E-state index in [1.54, 1.807) is 12.3 Å². The fraction of sp³-hybridized carbons (Fsp3) is 0.200. The summed E-state index contributed by atoms with van der Waals surface area (Å²) in [5.74, 6) is -0.608. The van der Waals surface area contributed by atoms with Crippen molar-refractivity contribution in [3.05, 3.63) is 49.7 Å². The van der Waals surface area contributed by atoms with E-state index in [-0.39, 0.29) is 11.3 Å². The van der Waals surface area contributed by atoms with E-state index < -0.39 is 5.91 Å². The van der Waals surface area contributed by atoms with Gasteiger partial charge in [0.05, 0.1) is 16.3 Å². The number of aromatic hydroxyl groups is 1. The Morgan fingerprint density at radius 3 is 2.59 bits per heavy atom. The van der Waals surface area contributed by atoms with Crippen LogP contribution < -0.4 is 5.43 Å². The molecule has 1 aromatic heterocycles. The highest BCUT2D eigenvalue weighted by atomic mass is 79.9. The van der Waals surface area contributed by atoms with Crippen molar-refractivity contribution in [2.24, 2.45) is 12.1 Å². The number of phenols is 1. The van der Waals surface area contributed by atoms with Crippen LogP contribution in [0.2, 0.25) is 0 Å². The summed E-state index contributed by atoms with van der Waals surface area (Å²) in [5, 5.41) is 13.9. The molecule has 1 amide bonds.